The Morgan fingerprint density at radius 2 is 1.81 bits per heavy atom. The molecular formula is C21H26F3N9O4. The van der Waals surface area contributed by atoms with Gasteiger partial charge in [-0.3, -0.25) is 14.3 Å². The molecule has 1 aliphatic rings. The van der Waals surface area contributed by atoms with Crippen LogP contribution in [0.25, 0.3) is 5.52 Å². The maximum Gasteiger partial charge on any atom is 0.490 e. The van der Waals surface area contributed by atoms with E-state index < -0.39 is 18.1 Å². The van der Waals surface area contributed by atoms with Crippen LogP contribution in [0, 0.1) is 0 Å². The van der Waals surface area contributed by atoms with Crippen molar-refractivity contribution < 1.29 is 32.7 Å². The highest BCUT2D eigenvalue weighted by molar-refractivity contribution is 6.07. The number of alkyl halides is 3. The van der Waals surface area contributed by atoms with E-state index in [-0.39, 0.29) is 23.7 Å². The van der Waals surface area contributed by atoms with E-state index in [4.69, 9.17) is 15.6 Å². The van der Waals surface area contributed by atoms with Gasteiger partial charge < -0.3 is 26.8 Å². The van der Waals surface area contributed by atoms with Gasteiger partial charge in [-0.15, -0.1) is 5.10 Å². The number of nitrogens with two attached hydrogens (primary N) is 1. The number of carbonyl (C=O) groups is 3. The van der Waals surface area contributed by atoms with Crippen LogP contribution in [-0.4, -0.2) is 72.6 Å². The van der Waals surface area contributed by atoms with E-state index in [1.807, 2.05) is 0 Å². The molecule has 2 atom stereocenters. The fraction of sp³-hybridized carbons (Fsp3) is 0.429. The molecule has 0 saturated heterocycles. The first kappa shape index (κ1) is 27.4. The molecule has 3 heterocycles. The van der Waals surface area contributed by atoms with Crippen molar-refractivity contribution in [2.75, 3.05) is 17.7 Å². The molecule has 4 rings (SSSR count). The van der Waals surface area contributed by atoms with Crippen LogP contribution >= 0.6 is 0 Å². The number of rotatable bonds is 5. The molecular weight excluding hydrogens is 499 g/mol. The van der Waals surface area contributed by atoms with E-state index in [1.165, 1.54) is 16.2 Å². The Balaban J connectivity index is 0.000000479. The van der Waals surface area contributed by atoms with Crippen molar-refractivity contribution in [2.24, 2.45) is 12.8 Å². The summed E-state index contributed by atoms with van der Waals surface area (Å²) >= 11 is 0. The molecule has 0 bridgehead atoms. The van der Waals surface area contributed by atoms with Gasteiger partial charge in [0.1, 0.15) is 5.69 Å². The molecule has 2 amide bonds. The quantitative estimate of drug-likeness (QED) is 0.329. The molecule has 0 unspecified atom stereocenters. The van der Waals surface area contributed by atoms with Crippen LogP contribution in [0.4, 0.5) is 24.8 Å². The predicted octanol–water partition coefficient (Wildman–Crippen LogP) is 1.39. The Morgan fingerprint density at radius 1 is 1.14 bits per heavy atom. The number of aliphatic carboxylic acids is 1. The van der Waals surface area contributed by atoms with Gasteiger partial charge in [0.15, 0.2) is 5.69 Å². The zero-order valence-electron chi connectivity index (χ0n) is 19.9. The number of carbonyl (C=O) groups excluding carboxylic acids is 2. The summed E-state index contributed by atoms with van der Waals surface area (Å²) in [5, 5.41) is 24.3. The Bertz CT molecular complexity index is 1290. The molecule has 3 aromatic rings. The smallest absolute Gasteiger partial charge is 0.475 e. The van der Waals surface area contributed by atoms with Gasteiger partial charge in [-0.25, -0.2) is 14.3 Å². The average molecular weight is 525 g/mol. The number of fused-ring (bicyclic) bond motifs is 1. The standard InChI is InChI=1S/C19H25N9O2.C2HF3O2/c1-21-18(30)16-14(10-27(2)25-16)23-17(29)15-8-7-11-9-22-19(26-28(11)15)24-13-6-4-3-5-12(13)20;3-2(4,5)1(6)7/h7-10,12-13H,3-6,20H2,1-2H3,(H,21,30)(H,23,29)(H,24,26);(H,6,7)/t12-,13+;/m0./s1. The van der Waals surface area contributed by atoms with E-state index in [0.29, 0.717) is 22.8 Å². The van der Waals surface area contributed by atoms with Gasteiger partial charge in [0.05, 0.1) is 17.4 Å². The Kier molecular flexibility index (Phi) is 8.31. The lowest BCUT2D eigenvalue weighted by molar-refractivity contribution is -0.192. The molecule has 0 spiro atoms. The molecule has 6 N–H and O–H groups in total. The lowest BCUT2D eigenvalue weighted by Crippen LogP contribution is -2.43. The Labute approximate surface area is 208 Å². The van der Waals surface area contributed by atoms with Gasteiger partial charge >= 0.3 is 12.1 Å². The molecule has 3 aromatic heterocycles. The number of amides is 2. The highest BCUT2D eigenvalue weighted by Crippen LogP contribution is 2.21. The van der Waals surface area contributed by atoms with Crippen LogP contribution in [-0.2, 0) is 11.8 Å². The highest BCUT2D eigenvalue weighted by atomic mass is 19.4. The number of aryl methyl sites for hydroxylation is 1. The van der Waals surface area contributed by atoms with Crippen LogP contribution in [0.3, 0.4) is 0 Å². The lowest BCUT2D eigenvalue weighted by Gasteiger charge is -2.29. The zero-order chi connectivity index (χ0) is 27.3. The summed E-state index contributed by atoms with van der Waals surface area (Å²) in [5.41, 5.74) is 7.65. The largest absolute Gasteiger partial charge is 0.490 e. The molecule has 1 saturated carbocycles. The third-order valence-corrected chi connectivity index (χ3v) is 5.53. The maximum absolute atomic E-state index is 12.9. The third-order valence-electron chi connectivity index (χ3n) is 5.53. The first-order chi connectivity index (χ1) is 17.4. The fourth-order valence-electron chi connectivity index (χ4n) is 3.70. The van der Waals surface area contributed by atoms with Crippen molar-refractivity contribution in [3.05, 3.63) is 35.9 Å². The van der Waals surface area contributed by atoms with E-state index in [0.717, 1.165) is 25.7 Å². The summed E-state index contributed by atoms with van der Waals surface area (Å²) in [6, 6.07) is 3.58. The van der Waals surface area contributed by atoms with Crippen molar-refractivity contribution >= 4 is 34.9 Å². The Morgan fingerprint density at radius 3 is 2.43 bits per heavy atom. The average Bonchev–Trinajstić information content (AvgIpc) is 3.42. The first-order valence-corrected chi connectivity index (χ1v) is 11.1. The molecule has 0 aliphatic heterocycles. The molecule has 0 radical (unpaired) electrons. The van der Waals surface area contributed by atoms with Gasteiger partial charge in [-0.2, -0.15) is 18.3 Å². The van der Waals surface area contributed by atoms with Gasteiger partial charge in [-0.05, 0) is 25.0 Å². The number of halogens is 3. The second kappa shape index (κ2) is 11.2. The molecule has 0 aromatic carbocycles. The van der Waals surface area contributed by atoms with Crippen molar-refractivity contribution in [1.82, 2.24) is 29.7 Å². The molecule has 13 nitrogen and oxygen atoms in total. The monoisotopic (exact) mass is 525 g/mol. The zero-order valence-corrected chi connectivity index (χ0v) is 19.9. The maximum atomic E-state index is 12.9. The lowest BCUT2D eigenvalue weighted by atomic mass is 9.91. The van der Waals surface area contributed by atoms with Crippen molar-refractivity contribution in [1.29, 1.82) is 0 Å². The molecule has 16 heteroatoms. The number of anilines is 2. The van der Waals surface area contributed by atoms with Crippen molar-refractivity contribution in [3.63, 3.8) is 0 Å². The van der Waals surface area contributed by atoms with Crippen LogP contribution in [0.1, 0.15) is 46.7 Å². The summed E-state index contributed by atoms with van der Waals surface area (Å²) < 4.78 is 34.7. The van der Waals surface area contributed by atoms with Gasteiger partial charge in [0, 0.05) is 32.4 Å². The Hall–Kier alpha value is -4.21. The first-order valence-electron chi connectivity index (χ1n) is 11.1. The predicted molar refractivity (Wildman–Crippen MR) is 125 cm³/mol. The molecule has 1 fully saturated rings. The minimum absolute atomic E-state index is 0.0548. The molecule has 37 heavy (non-hydrogen) atoms. The number of hydrogen-bond donors (Lipinski definition) is 5. The highest BCUT2D eigenvalue weighted by Gasteiger charge is 2.38. The van der Waals surface area contributed by atoms with E-state index in [1.54, 1.807) is 31.6 Å². The number of nitrogens with zero attached hydrogens (tertiary/aromatic N) is 5. The van der Waals surface area contributed by atoms with E-state index in [2.05, 4.69) is 31.1 Å². The van der Waals surface area contributed by atoms with Crippen LogP contribution in [0.5, 0.6) is 0 Å². The summed E-state index contributed by atoms with van der Waals surface area (Å²) in [4.78, 5) is 38.2. The van der Waals surface area contributed by atoms with Crippen LogP contribution < -0.4 is 21.7 Å². The number of hydrogen-bond acceptors (Lipinski definition) is 8. The number of aromatic nitrogens is 5. The topological polar surface area (TPSA) is 182 Å². The van der Waals surface area contributed by atoms with Gasteiger partial charge in [-0.1, -0.05) is 12.8 Å². The number of nitrogens with one attached hydrogen (secondary N) is 3. The number of carboxylic acids is 1. The van der Waals surface area contributed by atoms with Gasteiger partial charge in [0.25, 0.3) is 11.8 Å². The van der Waals surface area contributed by atoms with Crippen molar-refractivity contribution in [2.45, 2.75) is 43.9 Å². The minimum atomic E-state index is -5.08. The van der Waals surface area contributed by atoms with E-state index >= 15 is 0 Å². The summed E-state index contributed by atoms with van der Waals surface area (Å²) in [6.07, 6.45) is 2.32. The van der Waals surface area contributed by atoms with Crippen LogP contribution in [0.15, 0.2) is 24.5 Å². The normalized spacial score (nSPS) is 17.5. The van der Waals surface area contributed by atoms with Crippen molar-refractivity contribution in [3.8, 4) is 0 Å². The second-order valence-corrected chi connectivity index (χ2v) is 8.24. The summed E-state index contributed by atoms with van der Waals surface area (Å²) in [7, 11) is 3.18. The summed E-state index contributed by atoms with van der Waals surface area (Å²) in [6.45, 7) is 0. The molecule has 200 valence electrons. The number of carboxylic acid groups (broad SMARTS) is 1. The summed E-state index contributed by atoms with van der Waals surface area (Å²) in [5.74, 6) is -3.13. The minimum Gasteiger partial charge on any atom is -0.475 e. The van der Waals surface area contributed by atoms with Gasteiger partial charge in [0.2, 0.25) is 5.95 Å². The van der Waals surface area contributed by atoms with E-state index in [9.17, 15) is 22.8 Å². The SMILES string of the molecule is CNC(=O)c1nn(C)cc1NC(=O)c1ccc2cnc(N[C@@H]3CCCC[C@@H]3N)nn12.O=C(O)C(F)(F)F. The van der Waals surface area contributed by atoms with Crippen LogP contribution in [0.2, 0.25) is 0 Å². The third kappa shape index (κ3) is 6.72. The molecule has 1 aliphatic carbocycles. The second-order valence-electron chi connectivity index (χ2n) is 8.24. The fourth-order valence-corrected chi connectivity index (χ4v) is 3.70.